The minimum Gasteiger partial charge on any atom is -0.441 e. The molecule has 2 N–H and O–H groups in total. The molecule has 2 aromatic rings. The minimum atomic E-state index is -1.18. The van der Waals surface area contributed by atoms with Crippen molar-refractivity contribution in [3.8, 4) is 0 Å². The minimum absolute atomic E-state index is 0.0269. The molecule has 2 aliphatic heterocycles. The van der Waals surface area contributed by atoms with Crippen LogP contribution in [-0.4, -0.2) is 60.7 Å². The Morgan fingerprint density at radius 3 is 2.76 bits per heavy atom. The molecule has 1 aliphatic carbocycles. The fourth-order valence-electron chi connectivity index (χ4n) is 3.84. The second-order valence-electron chi connectivity index (χ2n) is 8.17. The molecule has 1 saturated carbocycles. The molecule has 5 rings (SSSR count). The standard InChI is InChI=1S/C23H24FN3O6/c24-19-11-14(26-12-16(33-23(26)30)13-31-15-6-7-15)5-8-20(19)25-9-10-32-27-21(28)17-3-1-2-4-18(17)22(27)29/h1-5,8,11,15-16,21,25,28H,6-7,9-10,12-13H2. The number of carbonyl (C=O) groups is 2. The number of nitrogens with one attached hydrogen (secondary N) is 1. The van der Waals surface area contributed by atoms with Crippen molar-refractivity contribution in [2.75, 3.05) is 36.5 Å². The van der Waals surface area contributed by atoms with E-state index in [-0.39, 0.29) is 31.0 Å². The van der Waals surface area contributed by atoms with Gasteiger partial charge in [-0.25, -0.2) is 9.18 Å². The van der Waals surface area contributed by atoms with Crippen molar-refractivity contribution in [1.29, 1.82) is 0 Å². The van der Waals surface area contributed by atoms with Crippen LogP contribution in [0.2, 0.25) is 0 Å². The van der Waals surface area contributed by atoms with E-state index in [1.54, 1.807) is 30.3 Å². The maximum atomic E-state index is 14.6. The molecule has 174 valence electrons. The van der Waals surface area contributed by atoms with E-state index in [4.69, 9.17) is 14.3 Å². The Balaban J connectivity index is 1.12. The van der Waals surface area contributed by atoms with Crippen LogP contribution in [0.5, 0.6) is 0 Å². The van der Waals surface area contributed by atoms with E-state index in [1.807, 2.05) is 0 Å². The van der Waals surface area contributed by atoms with Crippen molar-refractivity contribution in [1.82, 2.24) is 5.06 Å². The number of hydroxylamine groups is 2. The number of hydrogen-bond acceptors (Lipinski definition) is 7. The highest BCUT2D eigenvalue weighted by molar-refractivity contribution is 5.98. The summed E-state index contributed by atoms with van der Waals surface area (Å²) in [6.45, 7) is 0.864. The van der Waals surface area contributed by atoms with Crippen LogP contribution in [0, 0.1) is 5.82 Å². The molecule has 0 radical (unpaired) electrons. The van der Waals surface area contributed by atoms with Crippen LogP contribution >= 0.6 is 0 Å². The van der Waals surface area contributed by atoms with Crippen LogP contribution < -0.4 is 10.2 Å². The monoisotopic (exact) mass is 457 g/mol. The zero-order chi connectivity index (χ0) is 22.9. The fraction of sp³-hybridized carbons (Fsp3) is 0.391. The molecular weight excluding hydrogens is 433 g/mol. The first-order valence-electron chi connectivity index (χ1n) is 10.9. The average Bonchev–Trinajstić information content (AvgIpc) is 3.53. The van der Waals surface area contributed by atoms with Crippen molar-refractivity contribution >= 4 is 23.4 Å². The number of nitrogens with zero attached hydrogens (tertiary/aromatic N) is 2. The van der Waals surface area contributed by atoms with Crippen molar-refractivity contribution in [2.24, 2.45) is 0 Å². The summed E-state index contributed by atoms with van der Waals surface area (Å²) in [5, 5.41) is 14.1. The normalized spacial score (nSPS) is 22.0. The molecule has 1 saturated heterocycles. The number of carbonyl (C=O) groups excluding carboxylic acids is 2. The molecular formula is C23H24FN3O6. The number of benzene rings is 2. The lowest BCUT2D eigenvalue weighted by molar-refractivity contribution is -0.195. The summed E-state index contributed by atoms with van der Waals surface area (Å²) in [5.74, 6) is -0.963. The van der Waals surface area contributed by atoms with Crippen molar-refractivity contribution in [3.63, 3.8) is 0 Å². The van der Waals surface area contributed by atoms with Gasteiger partial charge < -0.3 is 19.9 Å². The van der Waals surface area contributed by atoms with E-state index in [9.17, 15) is 19.1 Å². The molecule has 9 nitrogen and oxygen atoms in total. The first-order valence-corrected chi connectivity index (χ1v) is 10.9. The number of fused-ring (bicyclic) bond motifs is 1. The third-order valence-corrected chi connectivity index (χ3v) is 5.72. The predicted octanol–water partition coefficient (Wildman–Crippen LogP) is 2.82. The van der Waals surface area contributed by atoms with Gasteiger partial charge in [-0.05, 0) is 37.1 Å². The van der Waals surface area contributed by atoms with E-state index in [2.05, 4.69) is 5.32 Å². The number of halogens is 1. The third kappa shape index (κ3) is 4.50. The summed E-state index contributed by atoms with van der Waals surface area (Å²) in [7, 11) is 0. The molecule has 33 heavy (non-hydrogen) atoms. The molecule has 2 unspecified atom stereocenters. The number of cyclic esters (lactones) is 1. The summed E-state index contributed by atoms with van der Waals surface area (Å²) in [5.41, 5.74) is 1.50. The smallest absolute Gasteiger partial charge is 0.414 e. The highest BCUT2D eigenvalue weighted by atomic mass is 19.1. The number of aliphatic hydroxyl groups excluding tert-OH is 1. The van der Waals surface area contributed by atoms with E-state index in [1.165, 1.54) is 17.0 Å². The summed E-state index contributed by atoms with van der Waals surface area (Å²) >= 11 is 0. The van der Waals surface area contributed by atoms with Gasteiger partial charge in [-0.1, -0.05) is 18.2 Å². The Labute approximate surface area is 189 Å². The highest BCUT2D eigenvalue weighted by Gasteiger charge is 2.36. The Hall–Kier alpha value is -3.21. The molecule has 2 amide bonds. The fourth-order valence-corrected chi connectivity index (χ4v) is 3.84. The van der Waals surface area contributed by atoms with Crippen LogP contribution in [0.15, 0.2) is 42.5 Å². The van der Waals surface area contributed by atoms with E-state index in [0.29, 0.717) is 30.0 Å². The Bertz CT molecular complexity index is 1060. The molecule has 0 bridgehead atoms. The van der Waals surface area contributed by atoms with Crippen LogP contribution in [0.1, 0.15) is 35.0 Å². The number of amides is 2. The van der Waals surface area contributed by atoms with Gasteiger partial charge in [0, 0.05) is 17.7 Å². The van der Waals surface area contributed by atoms with Gasteiger partial charge in [0.25, 0.3) is 5.91 Å². The topological polar surface area (TPSA) is 101 Å². The van der Waals surface area contributed by atoms with Gasteiger partial charge in [0.1, 0.15) is 11.9 Å². The third-order valence-electron chi connectivity index (χ3n) is 5.72. The Morgan fingerprint density at radius 2 is 2.00 bits per heavy atom. The summed E-state index contributed by atoms with van der Waals surface area (Å²) in [4.78, 5) is 31.3. The maximum Gasteiger partial charge on any atom is 0.414 e. The molecule has 3 aliphatic rings. The average molecular weight is 457 g/mol. The molecule has 2 fully saturated rings. The molecule has 2 aromatic carbocycles. The van der Waals surface area contributed by atoms with Gasteiger partial charge >= 0.3 is 6.09 Å². The van der Waals surface area contributed by atoms with Gasteiger partial charge in [0.05, 0.1) is 37.2 Å². The van der Waals surface area contributed by atoms with Crippen LogP contribution in [0.4, 0.5) is 20.6 Å². The largest absolute Gasteiger partial charge is 0.441 e. The van der Waals surface area contributed by atoms with Gasteiger partial charge in [-0.15, -0.1) is 0 Å². The second kappa shape index (κ2) is 8.97. The van der Waals surface area contributed by atoms with Gasteiger partial charge in [-0.3, -0.25) is 14.5 Å². The molecule has 10 heteroatoms. The lowest BCUT2D eigenvalue weighted by Crippen LogP contribution is -2.30. The number of ether oxygens (including phenoxy) is 2. The van der Waals surface area contributed by atoms with Crippen molar-refractivity contribution < 1.29 is 33.4 Å². The summed E-state index contributed by atoms with van der Waals surface area (Å²) < 4.78 is 25.5. The molecule has 2 heterocycles. The van der Waals surface area contributed by atoms with E-state index >= 15 is 0 Å². The number of aliphatic hydroxyl groups is 1. The maximum absolute atomic E-state index is 14.6. The lowest BCUT2D eigenvalue weighted by Gasteiger charge is -2.20. The predicted molar refractivity (Wildman–Crippen MR) is 115 cm³/mol. The molecule has 2 atom stereocenters. The van der Waals surface area contributed by atoms with Crippen molar-refractivity contribution in [3.05, 3.63) is 59.4 Å². The highest BCUT2D eigenvalue weighted by Crippen LogP contribution is 2.31. The van der Waals surface area contributed by atoms with Gasteiger partial charge in [0.2, 0.25) is 0 Å². The SMILES string of the molecule is O=C1OC(COC2CC2)CN1c1ccc(NCCON2C(=O)c3ccccc3C2O)c(F)c1. The molecule has 0 aromatic heterocycles. The Morgan fingerprint density at radius 1 is 1.18 bits per heavy atom. The van der Waals surface area contributed by atoms with Crippen LogP contribution in [0.3, 0.4) is 0 Å². The lowest BCUT2D eigenvalue weighted by atomic mass is 10.1. The van der Waals surface area contributed by atoms with Crippen LogP contribution in [0.25, 0.3) is 0 Å². The summed E-state index contributed by atoms with van der Waals surface area (Å²) in [6.07, 6.45) is 0.277. The van der Waals surface area contributed by atoms with E-state index in [0.717, 1.165) is 17.9 Å². The molecule has 0 spiro atoms. The Kier molecular flexibility index (Phi) is 5.88. The first-order chi connectivity index (χ1) is 16.0. The van der Waals surface area contributed by atoms with Crippen LogP contribution in [-0.2, 0) is 14.3 Å². The second-order valence-corrected chi connectivity index (χ2v) is 8.17. The summed E-state index contributed by atoms with van der Waals surface area (Å²) in [6, 6.07) is 11.1. The van der Waals surface area contributed by atoms with Crippen molar-refractivity contribution in [2.45, 2.75) is 31.3 Å². The number of anilines is 2. The quantitative estimate of drug-likeness (QED) is 0.559. The first kappa shape index (κ1) is 21.6. The number of hydrogen-bond donors (Lipinski definition) is 2. The van der Waals surface area contributed by atoms with Gasteiger partial charge in [-0.2, -0.15) is 5.06 Å². The zero-order valence-corrected chi connectivity index (χ0v) is 17.8. The number of rotatable bonds is 9. The zero-order valence-electron chi connectivity index (χ0n) is 17.8. The van der Waals surface area contributed by atoms with E-state index < -0.39 is 24.0 Å². The van der Waals surface area contributed by atoms with Gasteiger partial charge in [0.15, 0.2) is 6.23 Å².